The van der Waals surface area contributed by atoms with Crippen molar-refractivity contribution in [1.82, 2.24) is 34.3 Å². The Labute approximate surface area is 180 Å². The smallest absolute Gasteiger partial charge is 0.165 e. The molecule has 0 radical (unpaired) electrons. The highest BCUT2D eigenvalue weighted by atomic mass is 16.5. The maximum absolute atomic E-state index is 6.30. The Hall–Kier alpha value is -3.46. The Morgan fingerprint density at radius 2 is 1.97 bits per heavy atom. The molecule has 0 spiro atoms. The van der Waals surface area contributed by atoms with Crippen LogP contribution >= 0.6 is 0 Å². The molecule has 160 valence electrons. The lowest BCUT2D eigenvalue weighted by Crippen LogP contribution is -2.21. The van der Waals surface area contributed by atoms with Gasteiger partial charge in [-0.2, -0.15) is 10.2 Å². The number of anilines is 2. The zero-order chi connectivity index (χ0) is 21.5. The van der Waals surface area contributed by atoms with Crippen molar-refractivity contribution in [2.24, 2.45) is 7.05 Å². The van der Waals surface area contributed by atoms with Crippen LogP contribution in [-0.2, 0) is 7.05 Å². The van der Waals surface area contributed by atoms with Crippen molar-refractivity contribution in [3.05, 3.63) is 48.2 Å². The molecule has 1 saturated heterocycles. The van der Waals surface area contributed by atoms with Gasteiger partial charge in [0.25, 0.3) is 0 Å². The first-order chi connectivity index (χ1) is 14.9. The molecule has 9 nitrogen and oxygen atoms in total. The molecule has 4 aromatic heterocycles. The average Bonchev–Trinajstić information content (AvgIpc) is 3.39. The minimum atomic E-state index is 0.197. The zero-order valence-corrected chi connectivity index (χ0v) is 18.2. The molecule has 0 bridgehead atoms. The van der Waals surface area contributed by atoms with Crippen molar-refractivity contribution in [3.63, 3.8) is 0 Å². The third-order valence-corrected chi connectivity index (χ3v) is 5.51. The molecule has 1 aliphatic rings. The number of likely N-dealkylation sites (N-methyl/N-ethyl adjacent to an activating group) is 1. The van der Waals surface area contributed by atoms with Crippen molar-refractivity contribution in [3.8, 4) is 17.0 Å². The molecular weight excluding hydrogens is 392 g/mol. The molecule has 1 N–H and O–H groups in total. The van der Waals surface area contributed by atoms with Crippen LogP contribution in [-0.4, -0.2) is 60.5 Å². The Morgan fingerprint density at radius 1 is 1.10 bits per heavy atom. The fourth-order valence-electron chi connectivity index (χ4n) is 4.12. The molecule has 5 rings (SSSR count). The number of pyridine rings is 1. The van der Waals surface area contributed by atoms with Gasteiger partial charge in [-0.05, 0) is 39.4 Å². The Kier molecular flexibility index (Phi) is 4.82. The summed E-state index contributed by atoms with van der Waals surface area (Å²) in [6, 6.07) is 8.04. The average molecular weight is 419 g/mol. The van der Waals surface area contributed by atoms with E-state index in [2.05, 4.69) is 43.5 Å². The Balaban J connectivity index is 1.43. The van der Waals surface area contributed by atoms with Gasteiger partial charge >= 0.3 is 0 Å². The molecule has 0 aliphatic carbocycles. The minimum Gasteiger partial charge on any atom is -0.485 e. The minimum absolute atomic E-state index is 0.197. The molecule has 1 atom stereocenters. The third-order valence-electron chi connectivity index (χ3n) is 5.51. The molecule has 5 heterocycles. The monoisotopic (exact) mass is 418 g/mol. The number of hydrogen-bond donors (Lipinski definition) is 1. The summed E-state index contributed by atoms with van der Waals surface area (Å²) in [6.45, 7) is 5.83. The number of aromatic nitrogens is 6. The molecule has 0 saturated carbocycles. The second kappa shape index (κ2) is 7.66. The normalized spacial score (nSPS) is 16.8. The second-order valence-electron chi connectivity index (χ2n) is 8.15. The molecule has 4 aromatic rings. The highest BCUT2D eigenvalue weighted by molar-refractivity contribution is 5.72. The van der Waals surface area contributed by atoms with E-state index in [1.54, 1.807) is 6.20 Å². The van der Waals surface area contributed by atoms with Crippen LogP contribution in [0.25, 0.3) is 16.8 Å². The molecule has 1 aliphatic heterocycles. The number of aryl methyl sites for hydroxylation is 3. The molecule has 9 heteroatoms. The van der Waals surface area contributed by atoms with E-state index in [4.69, 9.17) is 4.74 Å². The number of rotatable bonds is 5. The number of likely N-dealkylation sites (tertiary alicyclic amines) is 1. The lowest BCUT2D eigenvalue weighted by atomic mass is 10.1. The van der Waals surface area contributed by atoms with E-state index in [1.165, 1.54) is 0 Å². The molecular formula is C22H26N8O. The maximum atomic E-state index is 6.30. The van der Waals surface area contributed by atoms with Crippen LogP contribution < -0.4 is 10.1 Å². The van der Waals surface area contributed by atoms with Gasteiger partial charge in [0.05, 0.1) is 11.7 Å². The molecule has 0 amide bonds. The quantitative estimate of drug-likeness (QED) is 0.533. The Bertz CT molecular complexity index is 1220. The highest BCUT2D eigenvalue weighted by Crippen LogP contribution is 2.32. The number of fused-ring (bicyclic) bond motifs is 1. The van der Waals surface area contributed by atoms with E-state index >= 15 is 0 Å². The van der Waals surface area contributed by atoms with Gasteiger partial charge in [-0.3, -0.25) is 4.68 Å². The lowest BCUT2D eigenvalue weighted by molar-refractivity contribution is 0.209. The summed E-state index contributed by atoms with van der Waals surface area (Å²) in [7, 11) is 4.06. The first-order valence-electron chi connectivity index (χ1n) is 10.4. The summed E-state index contributed by atoms with van der Waals surface area (Å²) in [5.74, 6) is 3.00. The van der Waals surface area contributed by atoms with Gasteiger partial charge in [-0.25, -0.2) is 14.5 Å². The van der Waals surface area contributed by atoms with E-state index in [1.807, 2.05) is 54.5 Å². The van der Waals surface area contributed by atoms with Gasteiger partial charge in [-0.15, -0.1) is 0 Å². The number of nitrogens with zero attached hydrogens (tertiary/aromatic N) is 7. The van der Waals surface area contributed by atoms with Crippen LogP contribution in [0.5, 0.6) is 5.75 Å². The molecule has 31 heavy (non-hydrogen) atoms. The molecule has 0 unspecified atom stereocenters. The first kappa shape index (κ1) is 19.5. The summed E-state index contributed by atoms with van der Waals surface area (Å²) in [5, 5.41) is 12.3. The number of ether oxygens (including phenoxy) is 1. The van der Waals surface area contributed by atoms with Gasteiger partial charge < -0.3 is 15.0 Å². The predicted octanol–water partition coefficient (Wildman–Crippen LogP) is 2.97. The van der Waals surface area contributed by atoms with E-state index in [0.29, 0.717) is 0 Å². The van der Waals surface area contributed by atoms with Crippen LogP contribution in [0.2, 0.25) is 0 Å². The first-order valence-corrected chi connectivity index (χ1v) is 10.4. The summed E-state index contributed by atoms with van der Waals surface area (Å²) in [5.41, 5.74) is 3.89. The Morgan fingerprint density at radius 3 is 2.74 bits per heavy atom. The van der Waals surface area contributed by atoms with Crippen molar-refractivity contribution < 1.29 is 4.74 Å². The SMILES string of the molecule is Cc1cc(Nc2cc3cc(-c4c(O[C@H]5CCN(C)C5)cnn4C)ccn3n2)nc(C)n1. The van der Waals surface area contributed by atoms with Crippen molar-refractivity contribution in [1.29, 1.82) is 0 Å². The van der Waals surface area contributed by atoms with Gasteiger partial charge in [0.2, 0.25) is 0 Å². The second-order valence-corrected chi connectivity index (χ2v) is 8.15. The van der Waals surface area contributed by atoms with Gasteiger partial charge in [0.15, 0.2) is 11.6 Å². The molecule has 0 aromatic carbocycles. The fraction of sp³-hybridized carbons (Fsp3) is 0.364. The largest absolute Gasteiger partial charge is 0.485 e. The fourth-order valence-corrected chi connectivity index (χ4v) is 4.12. The van der Waals surface area contributed by atoms with E-state index in [0.717, 1.165) is 65.2 Å². The number of nitrogens with one attached hydrogen (secondary N) is 1. The standard InChI is InChI=1S/C22H26N8O/c1-14-9-20(25-15(2)24-14)26-21-11-17-10-16(5-8-30(17)27-21)22-19(12-23-29(22)4)31-18-6-7-28(3)13-18/h5,8-12,18H,6-7,13H2,1-4H3,(H,24,25,26,27)/t18-/m0/s1. The topological polar surface area (TPSA) is 85.4 Å². The summed E-state index contributed by atoms with van der Waals surface area (Å²) in [4.78, 5) is 11.0. The van der Waals surface area contributed by atoms with Crippen molar-refractivity contribution in [2.45, 2.75) is 26.4 Å². The van der Waals surface area contributed by atoms with Crippen LogP contribution in [0.3, 0.4) is 0 Å². The van der Waals surface area contributed by atoms with Crippen molar-refractivity contribution >= 4 is 17.2 Å². The predicted molar refractivity (Wildman–Crippen MR) is 119 cm³/mol. The number of hydrogen-bond acceptors (Lipinski definition) is 7. The highest BCUT2D eigenvalue weighted by Gasteiger charge is 2.23. The molecule has 1 fully saturated rings. The summed E-state index contributed by atoms with van der Waals surface area (Å²) >= 11 is 0. The van der Waals surface area contributed by atoms with Crippen LogP contribution in [0.4, 0.5) is 11.6 Å². The van der Waals surface area contributed by atoms with Crippen LogP contribution in [0.15, 0.2) is 36.7 Å². The van der Waals surface area contributed by atoms with E-state index < -0.39 is 0 Å². The summed E-state index contributed by atoms with van der Waals surface area (Å²) in [6.07, 6.45) is 4.99. The van der Waals surface area contributed by atoms with E-state index in [9.17, 15) is 0 Å². The van der Waals surface area contributed by atoms with Gasteiger partial charge in [0.1, 0.15) is 23.4 Å². The maximum Gasteiger partial charge on any atom is 0.165 e. The van der Waals surface area contributed by atoms with Gasteiger partial charge in [-0.1, -0.05) is 0 Å². The lowest BCUT2D eigenvalue weighted by Gasteiger charge is -2.14. The third kappa shape index (κ3) is 3.96. The van der Waals surface area contributed by atoms with Gasteiger partial charge in [0, 0.05) is 49.7 Å². The summed E-state index contributed by atoms with van der Waals surface area (Å²) < 4.78 is 10.0. The van der Waals surface area contributed by atoms with Crippen LogP contribution in [0.1, 0.15) is 17.9 Å². The van der Waals surface area contributed by atoms with Crippen molar-refractivity contribution in [2.75, 3.05) is 25.5 Å². The van der Waals surface area contributed by atoms with E-state index in [-0.39, 0.29) is 6.10 Å². The zero-order valence-electron chi connectivity index (χ0n) is 18.2. The van der Waals surface area contributed by atoms with Crippen LogP contribution in [0, 0.1) is 13.8 Å².